The van der Waals surface area contributed by atoms with Crippen molar-refractivity contribution >= 4 is 5.78 Å². The zero-order valence-electron chi connectivity index (χ0n) is 10.6. The Bertz CT molecular complexity index is 398. The number of Topliss-reactive ketones (excluding diaryl/α,β-unsaturated/α-hetero) is 1. The van der Waals surface area contributed by atoms with Gasteiger partial charge in [0.25, 0.3) is 0 Å². The molecule has 1 aromatic carbocycles. The summed E-state index contributed by atoms with van der Waals surface area (Å²) in [5, 5.41) is 0. The van der Waals surface area contributed by atoms with Crippen LogP contribution in [0, 0.1) is 11.8 Å². The average Bonchev–Trinajstić information content (AvgIpc) is 2.76. The molecule has 2 atom stereocenters. The van der Waals surface area contributed by atoms with Crippen LogP contribution in [0.1, 0.15) is 31.7 Å². The summed E-state index contributed by atoms with van der Waals surface area (Å²) in [5.74, 6) is 2.06. The lowest BCUT2D eigenvalue weighted by Crippen LogP contribution is -2.19. The van der Waals surface area contributed by atoms with Crippen molar-refractivity contribution in [1.82, 2.24) is 0 Å². The van der Waals surface area contributed by atoms with Crippen molar-refractivity contribution in [2.45, 2.75) is 32.6 Å². The van der Waals surface area contributed by atoms with Crippen LogP contribution in [0.15, 0.2) is 24.3 Å². The number of methoxy groups -OCH3 is 1. The van der Waals surface area contributed by atoms with Crippen LogP contribution in [0.3, 0.4) is 0 Å². The number of carbonyl (C=O) groups is 1. The van der Waals surface area contributed by atoms with Crippen molar-refractivity contribution in [3.8, 4) is 5.75 Å². The van der Waals surface area contributed by atoms with E-state index >= 15 is 0 Å². The first-order chi connectivity index (χ1) is 8.20. The molecule has 0 saturated heterocycles. The molecule has 0 N–H and O–H groups in total. The SMILES string of the molecule is COc1cccc(CC(=O)C2CCCC2C)c1. The highest BCUT2D eigenvalue weighted by atomic mass is 16.5. The van der Waals surface area contributed by atoms with E-state index in [1.807, 2.05) is 24.3 Å². The van der Waals surface area contributed by atoms with E-state index in [0.717, 1.165) is 17.7 Å². The minimum Gasteiger partial charge on any atom is -0.497 e. The summed E-state index contributed by atoms with van der Waals surface area (Å²) < 4.78 is 5.17. The van der Waals surface area contributed by atoms with Crippen molar-refractivity contribution < 1.29 is 9.53 Å². The number of hydrogen-bond acceptors (Lipinski definition) is 2. The molecule has 1 aliphatic rings. The van der Waals surface area contributed by atoms with Gasteiger partial charge in [-0.1, -0.05) is 25.5 Å². The Kier molecular flexibility index (Phi) is 3.82. The summed E-state index contributed by atoms with van der Waals surface area (Å²) in [7, 11) is 1.65. The third-order valence-corrected chi connectivity index (χ3v) is 3.79. The number of ketones is 1. The first kappa shape index (κ1) is 12.2. The molecule has 17 heavy (non-hydrogen) atoms. The van der Waals surface area contributed by atoms with E-state index in [2.05, 4.69) is 6.92 Å². The van der Waals surface area contributed by atoms with Crippen LogP contribution in [-0.4, -0.2) is 12.9 Å². The van der Waals surface area contributed by atoms with Crippen molar-refractivity contribution in [3.63, 3.8) is 0 Å². The second-order valence-electron chi connectivity index (χ2n) is 5.01. The van der Waals surface area contributed by atoms with Crippen LogP contribution in [-0.2, 0) is 11.2 Å². The lowest BCUT2D eigenvalue weighted by Gasteiger charge is -2.14. The van der Waals surface area contributed by atoms with Gasteiger partial charge < -0.3 is 4.74 Å². The van der Waals surface area contributed by atoms with E-state index in [1.165, 1.54) is 12.8 Å². The number of carbonyl (C=O) groups excluding carboxylic acids is 1. The summed E-state index contributed by atoms with van der Waals surface area (Å²) in [6.45, 7) is 2.20. The standard InChI is InChI=1S/C15H20O2/c1-11-5-3-8-14(11)15(16)10-12-6-4-7-13(9-12)17-2/h4,6-7,9,11,14H,3,5,8,10H2,1-2H3. The zero-order chi connectivity index (χ0) is 12.3. The van der Waals surface area contributed by atoms with Crippen LogP contribution >= 0.6 is 0 Å². The first-order valence-electron chi connectivity index (χ1n) is 6.36. The van der Waals surface area contributed by atoms with E-state index in [4.69, 9.17) is 4.74 Å². The van der Waals surface area contributed by atoms with E-state index in [0.29, 0.717) is 18.1 Å². The zero-order valence-corrected chi connectivity index (χ0v) is 10.6. The molecular weight excluding hydrogens is 212 g/mol. The minimum absolute atomic E-state index is 0.279. The topological polar surface area (TPSA) is 26.3 Å². The number of benzene rings is 1. The van der Waals surface area contributed by atoms with Gasteiger partial charge in [-0.15, -0.1) is 0 Å². The maximum atomic E-state index is 12.2. The third-order valence-electron chi connectivity index (χ3n) is 3.79. The molecule has 0 aromatic heterocycles. The Morgan fingerprint density at radius 3 is 2.88 bits per heavy atom. The Hall–Kier alpha value is -1.31. The number of ether oxygens (including phenoxy) is 1. The highest BCUT2D eigenvalue weighted by Gasteiger charge is 2.29. The summed E-state index contributed by atoms with van der Waals surface area (Å²) >= 11 is 0. The van der Waals surface area contributed by atoms with Crippen LogP contribution in [0.2, 0.25) is 0 Å². The fraction of sp³-hybridized carbons (Fsp3) is 0.533. The largest absolute Gasteiger partial charge is 0.497 e. The highest BCUT2D eigenvalue weighted by Crippen LogP contribution is 2.32. The van der Waals surface area contributed by atoms with Crippen molar-refractivity contribution in [2.75, 3.05) is 7.11 Å². The van der Waals surface area contributed by atoms with E-state index in [9.17, 15) is 4.79 Å². The van der Waals surface area contributed by atoms with Gasteiger partial charge in [-0.05, 0) is 36.5 Å². The monoisotopic (exact) mass is 232 g/mol. The molecule has 2 unspecified atom stereocenters. The molecule has 92 valence electrons. The van der Waals surface area contributed by atoms with E-state index in [-0.39, 0.29) is 5.92 Å². The highest BCUT2D eigenvalue weighted by molar-refractivity contribution is 5.83. The summed E-state index contributed by atoms with van der Waals surface area (Å²) in [4.78, 5) is 12.2. The van der Waals surface area contributed by atoms with Gasteiger partial charge in [0.2, 0.25) is 0 Å². The van der Waals surface area contributed by atoms with Gasteiger partial charge in [0.1, 0.15) is 11.5 Å². The van der Waals surface area contributed by atoms with Gasteiger partial charge in [0.05, 0.1) is 7.11 Å². The molecule has 1 saturated carbocycles. The molecule has 0 amide bonds. The average molecular weight is 232 g/mol. The molecule has 0 radical (unpaired) electrons. The van der Waals surface area contributed by atoms with Gasteiger partial charge in [0, 0.05) is 12.3 Å². The van der Waals surface area contributed by atoms with Crippen molar-refractivity contribution in [1.29, 1.82) is 0 Å². The van der Waals surface area contributed by atoms with Crippen LogP contribution in [0.5, 0.6) is 5.75 Å². The molecule has 1 fully saturated rings. The van der Waals surface area contributed by atoms with Gasteiger partial charge in [0.15, 0.2) is 0 Å². The molecule has 1 aromatic rings. The molecular formula is C15H20O2. The van der Waals surface area contributed by atoms with E-state index < -0.39 is 0 Å². The first-order valence-corrected chi connectivity index (χ1v) is 6.36. The van der Waals surface area contributed by atoms with Crippen molar-refractivity contribution in [2.24, 2.45) is 11.8 Å². The Labute approximate surface area is 103 Å². The molecule has 0 spiro atoms. The molecule has 0 aliphatic heterocycles. The molecule has 0 heterocycles. The Morgan fingerprint density at radius 1 is 1.41 bits per heavy atom. The van der Waals surface area contributed by atoms with Crippen molar-refractivity contribution in [3.05, 3.63) is 29.8 Å². The van der Waals surface area contributed by atoms with Gasteiger partial charge in [-0.2, -0.15) is 0 Å². The lowest BCUT2D eigenvalue weighted by molar-refractivity contribution is -0.123. The predicted octanol–water partition coefficient (Wildman–Crippen LogP) is 3.24. The second kappa shape index (κ2) is 5.35. The van der Waals surface area contributed by atoms with Crippen LogP contribution in [0.25, 0.3) is 0 Å². The van der Waals surface area contributed by atoms with Gasteiger partial charge in [-0.25, -0.2) is 0 Å². The fourth-order valence-corrected chi connectivity index (χ4v) is 2.74. The fourth-order valence-electron chi connectivity index (χ4n) is 2.74. The molecule has 2 rings (SSSR count). The minimum atomic E-state index is 0.279. The second-order valence-corrected chi connectivity index (χ2v) is 5.01. The summed E-state index contributed by atoms with van der Waals surface area (Å²) in [6.07, 6.45) is 4.03. The maximum absolute atomic E-state index is 12.2. The lowest BCUT2D eigenvalue weighted by atomic mass is 9.90. The van der Waals surface area contributed by atoms with Gasteiger partial charge in [-0.3, -0.25) is 4.79 Å². The quantitative estimate of drug-likeness (QED) is 0.796. The molecule has 0 bridgehead atoms. The molecule has 2 heteroatoms. The number of rotatable bonds is 4. The van der Waals surface area contributed by atoms with Crippen LogP contribution < -0.4 is 4.74 Å². The summed E-state index contributed by atoms with van der Waals surface area (Å²) in [5.41, 5.74) is 1.06. The summed E-state index contributed by atoms with van der Waals surface area (Å²) in [6, 6.07) is 7.81. The smallest absolute Gasteiger partial charge is 0.140 e. The Morgan fingerprint density at radius 2 is 2.24 bits per heavy atom. The molecule has 2 nitrogen and oxygen atoms in total. The Balaban J connectivity index is 2.02. The normalized spacial score (nSPS) is 23.6. The molecule has 1 aliphatic carbocycles. The van der Waals surface area contributed by atoms with Crippen LogP contribution in [0.4, 0.5) is 0 Å². The maximum Gasteiger partial charge on any atom is 0.140 e. The number of hydrogen-bond donors (Lipinski definition) is 0. The third kappa shape index (κ3) is 2.87. The van der Waals surface area contributed by atoms with E-state index in [1.54, 1.807) is 7.11 Å². The predicted molar refractivity (Wildman–Crippen MR) is 68.2 cm³/mol. The van der Waals surface area contributed by atoms with Gasteiger partial charge >= 0.3 is 0 Å².